The molecule has 0 saturated carbocycles. The maximum Gasteiger partial charge on any atom is 0.257 e. The highest BCUT2D eigenvalue weighted by molar-refractivity contribution is 7.99. The predicted octanol–water partition coefficient (Wildman–Crippen LogP) is 1.46. The van der Waals surface area contributed by atoms with Gasteiger partial charge in [-0.25, -0.2) is 18.5 Å². The van der Waals surface area contributed by atoms with Crippen molar-refractivity contribution >= 4 is 21.8 Å². The number of hydrogen-bond donors (Lipinski definition) is 1. The molecule has 6 nitrogen and oxygen atoms in total. The molecule has 1 spiro atoms. The number of nitrogens with two attached hydrogens (primary N) is 1. The van der Waals surface area contributed by atoms with Crippen molar-refractivity contribution in [1.82, 2.24) is 9.55 Å². The first-order valence-electron chi connectivity index (χ1n) is 7.20. The molecule has 1 aromatic heterocycles. The smallest absolute Gasteiger partial charge is 0.257 e. The number of hydrogen-bond acceptors (Lipinski definition) is 5. The fourth-order valence-corrected chi connectivity index (χ4v) is 5.05. The lowest BCUT2D eigenvalue weighted by molar-refractivity contribution is -0.0990. The zero-order valence-electron chi connectivity index (χ0n) is 12.1. The van der Waals surface area contributed by atoms with Gasteiger partial charge in [0.15, 0.2) is 5.03 Å². The van der Waals surface area contributed by atoms with Crippen molar-refractivity contribution < 1.29 is 13.2 Å². The van der Waals surface area contributed by atoms with E-state index in [1.807, 2.05) is 23.3 Å². The lowest BCUT2D eigenvalue weighted by Crippen LogP contribution is -2.43. The topological polar surface area (TPSA) is 87.2 Å². The highest BCUT2D eigenvalue weighted by atomic mass is 32.2. The molecule has 8 heteroatoms. The minimum atomic E-state index is -3.74. The quantitative estimate of drug-likeness (QED) is 0.886. The minimum Gasteiger partial charge on any atom is -0.375 e. The number of sulfonamides is 1. The van der Waals surface area contributed by atoms with Crippen molar-refractivity contribution in [3.63, 3.8) is 0 Å². The first kappa shape index (κ1) is 15.3. The lowest BCUT2D eigenvalue weighted by atomic mass is 9.85. The summed E-state index contributed by atoms with van der Waals surface area (Å²) in [5.74, 6) is 2.97. The Balaban J connectivity index is 1.85. The Morgan fingerprint density at radius 1 is 1.48 bits per heavy atom. The van der Waals surface area contributed by atoms with Gasteiger partial charge in [-0.3, -0.25) is 0 Å². The van der Waals surface area contributed by atoms with Gasteiger partial charge in [-0.1, -0.05) is 0 Å². The van der Waals surface area contributed by atoms with Crippen LogP contribution in [0.3, 0.4) is 0 Å². The van der Waals surface area contributed by atoms with Crippen LogP contribution in [-0.2, 0) is 14.8 Å². The lowest BCUT2D eigenvalue weighted by Gasteiger charge is -2.43. The highest BCUT2D eigenvalue weighted by Gasteiger charge is 2.39. The van der Waals surface area contributed by atoms with Gasteiger partial charge in [0, 0.05) is 18.8 Å². The van der Waals surface area contributed by atoms with E-state index >= 15 is 0 Å². The Kier molecular flexibility index (Phi) is 4.06. The van der Waals surface area contributed by atoms with Crippen LogP contribution in [0.2, 0.25) is 0 Å². The molecule has 3 heterocycles. The Hall–Kier alpha value is -0.570. The maximum absolute atomic E-state index is 11.5. The van der Waals surface area contributed by atoms with Gasteiger partial charge < -0.3 is 9.30 Å². The second kappa shape index (κ2) is 5.57. The Labute approximate surface area is 129 Å². The molecule has 0 aromatic carbocycles. The molecule has 3 rings (SSSR count). The van der Waals surface area contributed by atoms with Crippen molar-refractivity contribution in [3.8, 4) is 0 Å². The van der Waals surface area contributed by atoms with Gasteiger partial charge in [0.05, 0.1) is 5.60 Å². The second-order valence-electron chi connectivity index (χ2n) is 5.87. The van der Waals surface area contributed by atoms with Gasteiger partial charge in [0.2, 0.25) is 0 Å². The molecular formula is C13H21N3O3S2. The summed E-state index contributed by atoms with van der Waals surface area (Å²) >= 11 is 1.98. The van der Waals surface area contributed by atoms with Gasteiger partial charge in [0.25, 0.3) is 10.0 Å². The molecular weight excluding hydrogens is 310 g/mol. The maximum atomic E-state index is 11.5. The molecule has 0 aliphatic carbocycles. The van der Waals surface area contributed by atoms with E-state index in [0.29, 0.717) is 5.82 Å². The van der Waals surface area contributed by atoms with Crippen LogP contribution in [-0.4, -0.2) is 41.7 Å². The highest BCUT2D eigenvalue weighted by Crippen LogP contribution is 2.41. The van der Waals surface area contributed by atoms with Gasteiger partial charge in [-0.15, -0.1) is 0 Å². The van der Waals surface area contributed by atoms with Crippen LogP contribution in [0, 0.1) is 6.92 Å². The summed E-state index contributed by atoms with van der Waals surface area (Å²) in [6, 6.07) is 0.241. The third-order valence-electron chi connectivity index (χ3n) is 4.45. The normalized spacial score (nSPS) is 26.1. The Morgan fingerprint density at radius 2 is 2.19 bits per heavy atom. The van der Waals surface area contributed by atoms with Crippen LogP contribution in [0.15, 0.2) is 11.2 Å². The molecule has 1 aromatic rings. The van der Waals surface area contributed by atoms with Crippen LogP contribution in [0.25, 0.3) is 0 Å². The number of rotatable bonds is 2. The average molecular weight is 331 g/mol. The van der Waals surface area contributed by atoms with Crippen molar-refractivity contribution in [2.45, 2.75) is 49.3 Å². The molecule has 118 valence electrons. The monoisotopic (exact) mass is 331 g/mol. The van der Waals surface area contributed by atoms with Crippen molar-refractivity contribution in [1.29, 1.82) is 0 Å². The summed E-state index contributed by atoms with van der Waals surface area (Å²) in [5, 5.41) is 5.13. The van der Waals surface area contributed by atoms with E-state index in [1.165, 1.54) is 0 Å². The van der Waals surface area contributed by atoms with E-state index in [9.17, 15) is 8.42 Å². The summed E-state index contributed by atoms with van der Waals surface area (Å²) in [4.78, 5) is 4.10. The molecule has 1 atom stereocenters. The number of thioether (sulfide) groups is 1. The van der Waals surface area contributed by atoms with E-state index in [0.717, 1.165) is 43.8 Å². The number of aryl methyl sites for hydroxylation is 1. The predicted molar refractivity (Wildman–Crippen MR) is 81.9 cm³/mol. The molecule has 2 aliphatic rings. The first-order valence-corrected chi connectivity index (χ1v) is 9.90. The second-order valence-corrected chi connectivity index (χ2v) is 8.60. The number of ether oxygens (including phenoxy) is 1. The summed E-state index contributed by atoms with van der Waals surface area (Å²) < 4.78 is 30.9. The number of imidazole rings is 1. The van der Waals surface area contributed by atoms with Gasteiger partial charge >= 0.3 is 0 Å². The first-order chi connectivity index (χ1) is 9.90. The van der Waals surface area contributed by atoms with Crippen LogP contribution >= 0.6 is 11.8 Å². The zero-order valence-corrected chi connectivity index (χ0v) is 13.8. The van der Waals surface area contributed by atoms with Crippen LogP contribution < -0.4 is 5.14 Å². The summed E-state index contributed by atoms with van der Waals surface area (Å²) in [6.45, 7) is 2.55. The molecule has 0 radical (unpaired) electrons. The molecule has 1 unspecified atom stereocenters. The number of nitrogens with zero attached hydrogens (tertiary/aromatic N) is 2. The van der Waals surface area contributed by atoms with Crippen LogP contribution in [0.4, 0.5) is 0 Å². The summed E-state index contributed by atoms with van der Waals surface area (Å²) in [5.41, 5.74) is -0.0351. The zero-order chi connectivity index (χ0) is 15.1. The molecule has 0 bridgehead atoms. The Bertz CT molecular complexity index is 615. The van der Waals surface area contributed by atoms with Crippen molar-refractivity contribution in [2.24, 2.45) is 5.14 Å². The molecule has 2 N–H and O–H groups in total. The molecule has 2 fully saturated rings. The number of aromatic nitrogens is 2. The largest absolute Gasteiger partial charge is 0.375 e. The van der Waals surface area contributed by atoms with Crippen LogP contribution in [0.5, 0.6) is 0 Å². The van der Waals surface area contributed by atoms with Crippen molar-refractivity contribution in [2.75, 3.05) is 18.1 Å². The van der Waals surface area contributed by atoms with E-state index in [2.05, 4.69) is 4.98 Å². The van der Waals surface area contributed by atoms with E-state index in [-0.39, 0.29) is 16.7 Å². The summed E-state index contributed by atoms with van der Waals surface area (Å²) in [6.07, 6.45) is 5.53. The van der Waals surface area contributed by atoms with E-state index < -0.39 is 10.0 Å². The third kappa shape index (κ3) is 3.13. The van der Waals surface area contributed by atoms with Crippen molar-refractivity contribution in [3.05, 3.63) is 12.0 Å². The molecule has 2 aliphatic heterocycles. The van der Waals surface area contributed by atoms with Gasteiger partial charge in [-0.05, 0) is 44.1 Å². The standard InChI is InChI=1S/C13H21N3O3S2/c1-10-15-12(21(14,17)18)9-16(10)11-2-5-19-13(8-11)3-6-20-7-4-13/h9,11H,2-8H2,1H3,(H2,14,17,18). The molecule has 2 saturated heterocycles. The van der Waals surface area contributed by atoms with Gasteiger partial charge in [-0.2, -0.15) is 11.8 Å². The van der Waals surface area contributed by atoms with E-state index in [1.54, 1.807) is 6.20 Å². The average Bonchev–Trinajstić information content (AvgIpc) is 2.82. The van der Waals surface area contributed by atoms with E-state index in [4.69, 9.17) is 9.88 Å². The fourth-order valence-electron chi connectivity index (χ4n) is 3.30. The summed E-state index contributed by atoms with van der Waals surface area (Å²) in [7, 11) is -3.74. The molecule has 21 heavy (non-hydrogen) atoms. The fraction of sp³-hybridized carbons (Fsp3) is 0.769. The third-order valence-corrected chi connectivity index (χ3v) is 6.22. The number of primary sulfonamides is 1. The minimum absolute atomic E-state index is 0.0351. The Morgan fingerprint density at radius 3 is 2.81 bits per heavy atom. The molecule has 0 amide bonds. The SMILES string of the molecule is Cc1nc(S(N)(=O)=O)cn1C1CCOC2(CCSCC2)C1. The van der Waals surface area contributed by atoms with Crippen LogP contribution in [0.1, 0.15) is 37.5 Å². The van der Waals surface area contributed by atoms with Gasteiger partial charge in [0.1, 0.15) is 5.82 Å².